The molecule has 0 saturated heterocycles. The van der Waals surface area contributed by atoms with Gasteiger partial charge in [0.2, 0.25) is 0 Å². The molecule has 5 aliphatic carbocycles. The van der Waals surface area contributed by atoms with E-state index in [0.29, 0.717) is 39.1 Å². The molecule has 2 N–H and O–H groups in total. The van der Waals surface area contributed by atoms with Crippen LogP contribution < -0.4 is 0 Å². The van der Waals surface area contributed by atoms with Crippen molar-refractivity contribution in [2.75, 3.05) is 13.7 Å². The molecule has 0 aromatic rings. The van der Waals surface area contributed by atoms with Crippen LogP contribution >= 0.6 is 0 Å². The molecule has 5 saturated carbocycles. The van der Waals surface area contributed by atoms with Crippen molar-refractivity contribution in [1.82, 2.24) is 0 Å². The Hall–Kier alpha value is -0.380. The highest BCUT2D eigenvalue weighted by Crippen LogP contribution is 2.89. The summed E-state index contributed by atoms with van der Waals surface area (Å²) < 4.78 is 6.02. The number of hydrogen-bond acceptors (Lipinski definition) is 3. The van der Waals surface area contributed by atoms with Crippen molar-refractivity contribution in [2.45, 2.75) is 117 Å². The summed E-state index contributed by atoms with van der Waals surface area (Å²) in [6.07, 6.45) is 18.0. The van der Waals surface area contributed by atoms with Crippen LogP contribution in [0.15, 0.2) is 12.2 Å². The van der Waals surface area contributed by atoms with E-state index in [0.717, 1.165) is 24.2 Å². The quantitative estimate of drug-likeness (QED) is 0.420. The fourth-order valence-electron chi connectivity index (χ4n) is 11.5. The maximum absolute atomic E-state index is 10.2. The number of fused-ring (bicyclic) bond motifs is 2. The predicted octanol–water partition coefficient (Wildman–Crippen LogP) is 6.77. The lowest BCUT2D eigenvalue weighted by Gasteiger charge is -2.63. The highest BCUT2D eigenvalue weighted by molar-refractivity contribution is 5.30. The summed E-state index contributed by atoms with van der Waals surface area (Å²) in [5, 5.41) is 19.5. The lowest BCUT2D eigenvalue weighted by atomic mass is 9.41. The first-order chi connectivity index (χ1) is 15.8. The Morgan fingerprint density at radius 2 is 1.62 bits per heavy atom. The van der Waals surface area contributed by atoms with E-state index in [9.17, 15) is 10.2 Å². The van der Waals surface area contributed by atoms with Crippen LogP contribution in [0.5, 0.6) is 0 Å². The van der Waals surface area contributed by atoms with Crippen molar-refractivity contribution < 1.29 is 14.9 Å². The van der Waals surface area contributed by atoms with Crippen LogP contribution in [0.2, 0.25) is 0 Å². The Morgan fingerprint density at radius 3 is 2.29 bits per heavy atom. The van der Waals surface area contributed by atoms with Crippen LogP contribution in [0.1, 0.15) is 106 Å². The second-order valence-corrected chi connectivity index (χ2v) is 14.9. The highest BCUT2D eigenvalue weighted by Gasteiger charge is 2.82. The van der Waals surface area contributed by atoms with E-state index in [1.165, 1.54) is 57.8 Å². The highest BCUT2D eigenvalue weighted by atomic mass is 16.5. The van der Waals surface area contributed by atoms with Crippen molar-refractivity contribution in [3.8, 4) is 0 Å². The Labute approximate surface area is 209 Å². The zero-order valence-electron chi connectivity index (χ0n) is 23.1. The Morgan fingerprint density at radius 1 is 0.941 bits per heavy atom. The number of methoxy groups -OCH3 is 1. The standard InChI is InChI=1S/C31H52O3/c1-21(9-8-14-27(4,33)20-32)22-12-15-29(6)24-11-10-23-26(2,3)25(34-7)13-16-30(23)19-31(24,30)18-17-28(22,29)5/h8,14,21-25,32-33H,9-13,15-20H2,1-7H3/b14-8+/t21-,22-,23+,24+,25-,27+,28-,29+,30-,31+/m1/s1. The number of hydrogen-bond donors (Lipinski definition) is 2. The average Bonchev–Trinajstić information content (AvgIpc) is 3.35. The molecule has 0 heterocycles. The first kappa shape index (κ1) is 25.3. The van der Waals surface area contributed by atoms with Crippen molar-refractivity contribution in [3.05, 3.63) is 12.2 Å². The van der Waals surface area contributed by atoms with E-state index in [1.54, 1.807) is 6.92 Å². The van der Waals surface area contributed by atoms with Gasteiger partial charge < -0.3 is 14.9 Å². The Bertz CT molecular complexity index is 831. The van der Waals surface area contributed by atoms with E-state index >= 15 is 0 Å². The van der Waals surface area contributed by atoms with Crippen LogP contribution in [0.25, 0.3) is 0 Å². The molecule has 2 spiro atoms. The molecule has 194 valence electrons. The molecular formula is C31H52O3. The second kappa shape index (κ2) is 7.81. The third kappa shape index (κ3) is 3.11. The topological polar surface area (TPSA) is 49.7 Å². The Balaban J connectivity index is 1.37. The average molecular weight is 473 g/mol. The minimum atomic E-state index is -1.10. The molecule has 0 aliphatic heterocycles. The predicted molar refractivity (Wildman–Crippen MR) is 138 cm³/mol. The van der Waals surface area contributed by atoms with Gasteiger partial charge in [-0.3, -0.25) is 0 Å². The first-order valence-corrected chi connectivity index (χ1v) is 14.4. The molecule has 5 fully saturated rings. The first-order valence-electron chi connectivity index (χ1n) is 14.4. The van der Waals surface area contributed by atoms with Gasteiger partial charge in [-0.15, -0.1) is 0 Å². The van der Waals surface area contributed by atoms with Gasteiger partial charge in [0.15, 0.2) is 0 Å². The third-order valence-corrected chi connectivity index (χ3v) is 13.4. The van der Waals surface area contributed by atoms with Crippen LogP contribution in [-0.4, -0.2) is 35.6 Å². The van der Waals surface area contributed by atoms with Gasteiger partial charge in [-0.2, -0.15) is 0 Å². The van der Waals surface area contributed by atoms with Crippen LogP contribution in [-0.2, 0) is 4.74 Å². The van der Waals surface area contributed by atoms with Crippen molar-refractivity contribution in [2.24, 2.45) is 50.7 Å². The number of ether oxygens (including phenoxy) is 1. The zero-order chi connectivity index (χ0) is 24.8. The number of aliphatic hydroxyl groups excluding tert-OH is 1. The normalized spacial score (nSPS) is 51.7. The van der Waals surface area contributed by atoms with Crippen LogP contribution in [0.3, 0.4) is 0 Å². The lowest BCUT2D eigenvalue weighted by Crippen LogP contribution is -2.57. The molecule has 0 bridgehead atoms. The number of allylic oxidation sites excluding steroid dienone is 1. The molecular weight excluding hydrogens is 420 g/mol. The number of rotatable bonds is 6. The van der Waals surface area contributed by atoms with E-state index in [-0.39, 0.29) is 6.61 Å². The van der Waals surface area contributed by atoms with E-state index < -0.39 is 5.60 Å². The largest absolute Gasteiger partial charge is 0.393 e. The molecule has 3 heteroatoms. The zero-order valence-corrected chi connectivity index (χ0v) is 23.1. The van der Waals surface area contributed by atoms with Gasteiger partial charge in [0.1, 0.15) is 5.60 Å². The number of aliphatic hydroxyl groups is 2. The molecule has 5 aliphatic rings. The second-order valence-electron chi connectivity index (χ2n) is 14.9. The summed E-state index contributed by atoms with van der Waals surface area (Å²) in [6.45, 7) is 14.3. The summed E-state index contributed by atoms with van der Waals surface area (Å²) in [4.78, 5) is 0. The van der Waals surface area contributed by atoms with Crippen molar-refractivity contribution in [3.63, 3.8) is 0 Å². The van der Waals surface area contributed by atoms with Crippen LogP contribution in [0, 0.1) is 50.7 Å². The Kier molecular flexibility index (Phi) is 5.81. The minimum Gasteiger partial charge on any atom is -0.393 e. The van der Waals surface area contributed by atoms with Gasteiger partial charge in [-0.1, -0.05) is 46.8 Å². The smallest absolute Gasteiger partial charge is 0.103 e. The fraction of sp³-hybridized carbons (Fsp3) is 0.935. The third-order valence-electron chi connectivity index (χ3n) is 13.4. The lowest BCUT2D eigenvalue weighted by molar-refractivity contribution is -0.166. The molecule has 0 aromatic heterocycles. The maximum Gasteiger partial charge on any atom is 0.103 e. The van der Waals surface area contributed by atoms with Gasteiger partial charge in [-0.25, -0.2) is 0 Å². The van der Waals surface area contributed by atoms with E-state index in [1.807, 2.05) is 13.2 Å². The molecule has 0 aromatic carbocycles. The molecule has 10 atom stereocenters. The fourth-order valence-corrected chi connectivity index (χ4v) is 11.5. The van der Waals surface area contributed by atoms with Gasteiger partial charge in [0.05, 0.1) is 12.7 Å². The SMILES string of the molecule is CO[C@@H]1CC[C@]23C[C@]24CC[C@]2(C)[C@@H]([C@H](C)C/C=C/[C@](C)(O)CO)CC[C@@]2(C)[C@@H]4CC[C@H]3C1(C)C. The molecule has 0 unspecified atom stereocenters. The summed E-state index contributed by atoms with van der Waals surface area (Å²) in [5.74, 6) is 3.11. The summed E-state index contributed by atoms with van der Waals surface area (Å²) in [6, 6.07) is 0. The van der Waals surface area contributed by atoms with Gasteiger partial charge in [0, 0.05) is 7.11 Å². The van der Waals surface area contributed by atoms with E-state index in [2.05, 4.69) is 40.7 Å². The molecule has 34 heavy (non-hydrogen) atoms. The van der Waals surface area contributed by atoms with E-state index in [4.69, 9.17) is 4.74 Å². The monoisotopic (exact) mass is 472 g/mol. The maximum atomic E-state index is 10.2. The van der Waals surface area contributed by atoms with Crippen LogP contribution in [0.4, 0.5) is 0 Å². The van der Waals surface area contributed by atoms with Gasteiger partial charge >= 0.3 is 0 Å². The molecule has 5 rings (SSSR count). The van der Waals surface area contributed by atoms with Crippen molar-refractivity contribution >= 4 is 0 Å². The summed E-state index contributed by atoms with van der Waals surface area (Å²) in [7, 11) is 1.94. The summed E-state index contributed by atoms with van der Waals surface area (Å²) >= 11 is 0. The van der Waals surface area contributed by atoms with Gasteiger partial charge in [0.25, 0.3) is 0 Å². The molecule has 3 nitrogen and oxygen atoms in total. The molecule has 0 amide bonds. The van der Waals surface area contributed by atoms with Gasteiger partial charge in [-0.05, 0) is 122 Å². The summed E-state index contributed by atoms with van der Waals surface area (Å²) in [5.41, 5.74) is 1.30. The van der Waals surface area contributed by atoms with Crippen molar-refractivity contribution in [1.29, 1.82) is 0 Å². The minimum absolute atomic E-state index is 0.217. The molecule has 0 radical (unpaired) electrons.